The standard InChI is InChI=1S/C41H40N4O4/c1-23-15-33(39-42-34(22-45(39)21-23)40(46)44-36-27-17-24-16-25(19-27)20-28(36)18-24)32-11-5-10-30-31(38(41(47)48)43-37(30)32)12-6-14-49-35-13-4-8-26-7-2-3-9-29(26)35/h2-5,7-11,13,15,21-22,24-25,27-28,36,43H,6,12,14,16-20H2,1H3,(H,44,46)(H,47,48). The zero-order valence-corrected chi connectivity index (χ0v) is 27.6. The second-order valence-electron chi connectivity index (χ2n) is 14.7. The second kappa shape index (κ2) is 11.8. The van der Waals surface area contributed by atoms with Crippen LogP contribution in [0.5, 0.6) is 5.75 Å². The number of carbonyl (C=O) groups excluding carboxylic acids is 1. The highest BCUT2D eigenvalue weighted by molar-refractivity contribution is 6.05. The number of nitrogens with zero attached hydrogens (tertiary/aromatic N) is 2. The number of hydrogen-bond acceptors (Lipinski definition) is 4. The molecule has 0 radical (unpaired) electrons. The molecule has 4 bridgehead atoms. The normalized spacial score (nSPS) is 22.7. The predicted molar refractivity (Wildman–Crippen MR) is 190 cm³/mol. The largest absolute Gasteiger partial charge is 0.493 e. The minimum atomic E-state index is -0.994. The third-order valence-corrected chi connectivity index (χ3v) is 11.5. The highest BCUT2D eigenvalue weighted by Gasteiger charge is 2.48. The van der Waals surface area contributed by atoms with Crippen LogP contribution in [-0.4, -0.2) is 44.0 Å². The number of ether oxygens (including phenoxy) is 1. The molecule has 8 heteroatoms. The van der Waals surface area contributed by atoms with E-state index in [0.717, 1.165) is 61.5 Å². The number of carboxylic acids is 1. The van der Waals surface area contributed by atoms with Crippen LogP contribution < -0.4 is 10.1 Å². The van der Waals surface area contributed by atoms with Crippen molar-refractivity contribution in [2.24, 2.45) is 23.7 Å². The minimum absolute atomic E-state index is 0.107. The zero-order chi connectivity index (χ0) is 33.2. The lowest BCUT2D eigenvalue weighted by Gasteiger charge is -2.54. The van der Waals surface area contributed by atoms with Crippen LogP contribution in [0.3, 0.4) is 0 Å². The molecule has 6 aromatic rings. The number of aryl methyl sites for hydroxylation is 2. The van der Waals surface area contributed by atoms with E-state index in [-0.39, 0.29) is 17.6 Å². The van der Waals surface area contributed by atoms with E-state index in [0.29, 0.717) is 42.6 Å². The van der Waals surface area contributed by atoms with Crippen molar-refractivity contribution in [3.05, 3.63) is 102 Å². The van der Waals surface area contributed by atoms with Gasteiger partial charge in [0.2, 0.25) is 0 Å². The van der Waals surface area contributed by atoms with E-state index in [2.05, 4.69) is 34.6 Å². The van der Waals surface area contributed by atoms with Crippen molar-refractivity contribution in [3.63, 3.8) is 0 Å². The summed E-state index contributed by atoms with van der Waals surface area (Å²) in [6.45, 7) is 2.48. The average molecular weight is 653 g/mol. The number of H-pyrrole nitrogens is 1. The van der Waals surface area contributed by atoms with Gasteiger partial charge < -0.3 is 24.5 Å². The maximum Gasteiger partial charge on any atom is 0.352 e. The van der Waals surface area contributed by atoms with Crippen LogP contribution in [0, 0.1) is 30.6 Å². The molecule has 49 heavy (non-hydrogen) atoms. The Labute approximate surface area is 284 Å². The number of nitrogens with one attached hydrogen (secondary N) is 2. The first kappa shape index (κ1) is 30.0. The van der Waals surface area contributed by atoms with Gasteiger partial charge in [-0.05, 0) is 104 Å². The molecule has 3 N–H and O–H groups in total. The Balaban J connectivity index is 1.00. The molecule has 1 amide bonds. The van der Waals surface area contributed by atoms with E-state index in [9.17, 15) is 14.7 Å². The van der Waals surface area contributed by atoms with E-state index >= 15 is 0 Å². The quantitative estimate of drug-likeness (QED) is 0.137. The summed E-state index contributed by atoms with van der Waals surface area (Å²) in [5.41, 5.74) is 5.50. The van der Waals surface area contributed by atoms with Gasteiger partial charge in [-0.2, -0.15) is 0 Å². The van der Waals surface area contributed by atoms with Crippen LogP contribution >= 0.6 is 0 Å². The Bertz CT molecular complexity index is 2230. The molecule has 3 aromatic carbocycles. The molecule has 8 nitrogen and oxygen atoms in total. The van der Waals surface area contributed by atoms with Crippen molar-refractivity contribution in [2.75, 3.05) is 6.61 Å². The number of aromatic nitrogens is 3. The van der Waals surface area contributed by atoms with Gasteiger partial charge in [0.15, 0.2) is 0 Å². The van der Waals surface area contributed by atoms with Gasteiger partial charge in [0, 0.05) is 40.3 Å². The molecule has 4 aliphatic rings. The molecule has 0 saturated heterocycles. The maximum atomic E-state index is 13.7. The lowest BCUT2D eigenvalue weighted by atomic mass is 9.54. The molecule has 3 aromatic heterocycles. The molecule has 4 aliphatic carbocycles. The van der Waals surface area contributed by atoms with Crippen LogP contribution in [0.4, 0.5) is 0 Å². The summed E-state index contributed by atoms with van der Waals surface area (Å²) in [5.74, 6) is 2.59. The van der Waals surface area contributed by atoms with E-state index in [4.69, 9.17) is 9.72 Å². The number of rotatable bonds is 9. The number of aromatic carboxylic acids is 1. The van der Waals surface area contributed by atoms with E-state index < -0.39 is 5.97 Å². The SMILES string of the molecule is Cc1cc(-c2cccc3c(CCCOc4cccc5ccccc45)c(C(=O)O)[nH]c23)c2nc(C(=O)NC3C4CC5CC(C4)CC3C5)cn2c1. The van der Waals surface area contributed by atoms with Crippen molar-refractivity contribution in [3.8, 4) is 16.9 Å². The number of carbonyl (C=O) groups is 2. The first-order valence-electron chi connectivity index (χ1n) is 17.7. The van der Waals surface area contributed by atoms with Gasteiger partial charge in [-0.15, -0.1) is 0 Å². The Kier molecular flexibility index (Phi) is 7.22. The van der Waals surface area contributed by atoms with Gasteiger partial charge in [-0.3, -0.25) is 4.79 Å². The number of hydrogen-bond donors (Lipinski definition) is 3. The molecule has 0 spiro atoms. The molecule has 4 fully saturated rings. The van der Waals surface area contributed by atoms with E-state index in [1.165, 1.54) is 32.1 Å². The average Bonchev–Trinajstić information content (AvgIpc) is 3.70. The van der Waals surface area contributed by atoms with Crippen LogP contribution in [0.1, 0.15) is 70.6 Å². The first-order chi connectivity index (χ1) is 23.9. The third kappa shape index (κ3) is 5.25. The second-order valence-corrected chi connectivity index (χ2v) is 14.7. The summed E-state index contributed by atoms with van der Waals surface area (Å²) in [4.78, 5) is 34.4. The Hall–Kier alpha value is -5.11. The number of carboxylic acid groups (broad SMARTS) is 1. The van der Waals surface area contributed by atoms with Crippen LogP contribution in [0.25, 0.3) is 38.4 Å². The van der Waals surface area contributed by atoms with Gasteiger partial charge >= 0.3 is 5.97 Å². The van der Waals surface area contributed by atoms with Crippen LogP contribution in [0.15, 0.2) is 79.1 Å². The monoisotopic (exact) mass is 652 g/mol. The zero-order valence-electron chi connectivity index (χ0n) is 27.6. The van der Waals surface area contributed by atoms with Crippen molar-refractivity contribution in [2.45, 2.75) is 57.9 Å². The van der Waals surface area contributed by atoms with Gasteiger partial charge in [0.25, 0.3) is 5.91 Å². The highest BCUT2D eigenvalue weighted by Crippen LogP contribution is 2.53. The van der Waals surface area contributed by atoms with Crippen molar-refractivity contribution < 1.29 is 19.4 Å². The summed E-state index contributed by atoms with van der Waals surface area (Å²) in [6, 6.07) is 22.4. The number of imidazole rings is 1. The van der Waals surface area contributed by atoms with Gasteiger partial charge in [-0.25, -0.2) is 9.78 Å². The van der Waals surface area contributed by atoms with Gasteiger partial charge in [0.05, 0.1) is 12.1 Å². The van der Waals surface area contributed by atoms with Gasteiger partial charge in [0.1, 0.15) is 22.8 Å². The number of para-hydroxylation sites is 1. The Morgan fingerprint density at radius 1 is 0.918 bits per heavy atom. The summed E-state index contributed by atoms with van der Waals surface area (Å²) < 4.78 is 8.11. The number of aromatic amines is 1. The summed E-state index contributed by atoms with van der Waals surface area (Å²) in [5, 5.41) is 16.7. The smallest absolute Gasteiger partial charge is 0.352 e. The Morgan fingerprint density at radius 2 is 1.65 bits per heavy atom. The number of pyridine rings is 1. The van der Waals surface area contributed by atoms with Crippen LogP contribution in [0.2, 0.25) is 0 Å². The fraction of sp³-hybridized carbons (Fsp3) is 0.341. The topological polar surface area (TPSA) is 109 Å². The number of benzene rings is 3. The highest BCUT2D eigenvalue weighted by atomic mass is 16.5. The minimum Gasteiger partial charge on any atom is -0.493 e. The summed E-state index contributed by atoms with van der Waals surface area (Å²) in [7, 11) is 0. The molecule has 0 aliphatic heterocycles. The molecule has 0 atom stereocenters. The van der Waals surface area contributed by atoms with E-state index in [1.807, 2.05) is 66.2 Å². The predicted octanol–water partition coefficient (Wildman–Crippen LogP) is 8.21. The molecule has 4 saturated carbocycles. The molecule has 3 heterocycles. The fourth-order valence-electron chi connectivity index (χ4n) is 9.63. The molecular weight excluding hydrogens is 612 g/mol. The van der Waals surface area contributed by atoms with Crippen molar-refractivity contribution >= 4 is 39.2 Å². The van der Waals surface area contributed by atoms with Crippen molar-refractivity contribution in [1.82, 2.24) is 19.7 Å². The lowest BCUT2D eigenvalue weighted by molar-refractivity contribution is -0.0120. The fourth-order valence-corrected chi connectivity index (χ4v) is 9.63. The molecule has 10 rings (SSSR count). The molecule has 0 unspecified atom stereocenters. The van der Waals surface area contributed by atoms with Crippen LogP contribution in [-0.2, 0) is 6.42 Å². The lowest BCUT2D eigenvalue weighted by Crippen LogP contribution is -2.55. The maximum absolute atomic E-state index is 13.7. The van der Waals surface area contributed by atoms with Crippen molar-refractivity contribution in [1.29, 1.82) is 0 Å². The first-order valence-corrected chi connectivity index (χ1v) is 17.7. The Morgan fingerprint density at radius 3 is 2.45 bits per heavy atom. The summed E-state index contributed by atoms with van der Waals surface area (Å²) >= 11 is 0. The molecule has 248 valence electrons. The molecular formula is C41H40N4O4. The third-order valence-electron chi connectivity index (χ3n) is 11.5. The number of fused-ring (bicyclic) bond motifs is 3. The summed E-state index contributed by atoms with van der Waals surface area (Å²) in [6.07, 6.45) is 11.4. The number of amides is 1. The van der Waals surface area contributed by atoms with E-state index in [1.54, 1.807) is 0 Å². The van der Waals surface area contributed by atoms with Gasteiger partial charge in [-0.1, -0.05) is 54.6 Å².